The van der Waals surface area contributed by atoms with Gasteiger partial charge in [-0.15, -0.1) is 0 Å². The maximum Gasteiger partial charge on any atom is 0.261 e. The van der Waals surface area contributed by atoms with Crippen LogP contribution >= 0.6 is 11.6 Å². The Labute approximate surface area is 210 Å². The third-order valence-electron chi connectivity index (χ3n) is 4.98. The molecule has 2 N–H and O–H groups in total. The Morgan fingerprint density at radius 3 is 2.23 bits per heavy atom. The first-order chi connectivity index (χ1) is 16.7. The Kier molecular flexibility index (Phi) is 8.84. The number of hydrogen-bond acceptors (Lipinski definition) is 6. The van der Waals surface area contributed by atoms with Crippen molar-refractivity contribution in [1.82, 2.24) is 5.32 Å². The summed E-state index contributed by atoms with van der Waals surface area (Å²) in [6.07, 6.45) is 0. The molecule has 3 rings (SSSR count). The molecule has 0 fully saturated rings. The minimum atomic E-state index is -3.88. The molecule has 0 aliphatic heterocycles. The van der Waals surface area contributed by atoms with Crippen molar-refractivity contribution in [1.29, 1.82) is 0 Å². The van der Waals surface area contributed by atoms with E-state index in [1.807, 2.05) is 38.1 Å². The van der Waals surface area contributed by atoms with Gasteiger partial charge in [0, 0.05) is 5.69 Å². The summed E-state index contributed by atoms with van der Waals surface area (Å²) < 4.78 is 43.9. The number of amides is 1. The molecule has 0 aromatic heterocycles. The van der Waals surface area contributed by atoms with Crippen LogP contribution in [0.5, 0.6) is 17.2 Å². The highest BCUT2D eigenvalue weighted by atomic mass is 35.5. The van der Waals surface area contributed by atoms with Gasteiger partial charge in [-0.05, 0) is 74.0 Å². The van der Waals surface area contributed by atoms with Gasteiger partial charge in [-0.1, -0.05) is 23.7 Å². The topological polar surface area (TPSA) is 103 Å². The lowest BCUT2D eigenvalue weighted by molar-refractivity contribution is -0.123. The van der Waals surface area contributed by atoms with Gasteiger partial charge in [0.1, 0.15) is 17.2 Å². The predicted octanol–water partition coefficient (Wildman–Crippen LogP) is 4.80. The maximum absolute atomic E-state index is 12.7. The summed E-state index contributed by atoms with van der Waals surface area (Å²) in [5, 5.41) is 2.90. The second-order valence-corrected chi connectivity index (χ2v) is 9.60. The molecule has 1 unspecified atom stereocenters. The van der Waals surface area contributed by atoms with Crippen LogP contribution in [0.1, 0.15) is 25.5 Å². The molecular weight excluding hydrogens is 492 g/mol. The number of anilines is 1. The van der Waals surface area contributed by atoms with Gasteiger partial charge in [-0.2, -0.15) is 0 Å². The van der Waals surface area contributed by atoms with Crippen LogP contribution in [0, 0.1) is 0 Å². The molecule has 186 valence electrons. The quantitative estimate of drug-likeness (QED) is 0.378. The second-order valence-electron chi connectivity index (χ2n) is 7.51. The summed E-state index contributed by atoms with van der Waals surface area (Å²) >= 11 is 6.23. The summed E-state index contributed by atoms with van der Waals surface area (Å²) in [6.45, 7) is 3.95. The number of rotatable bonds is 11. The smallest absolute Gasteiger partial charge is 0.261 e. The first-order valence-corrected chi connectivity index (χ1v) is 12.7. The summed E-state index contributed by atoms with van der Waals surface area (Å²) in [4.78, 5) is 12.3. The van der Waals surface area contributed by atoms with Crippen LogP contribution in [0.25, 0.3) is 0 Å². The van der Waals surface area contributed by atoms with E-state index in [0.717, 1.165) is 11.3 Å². The molecule has 0 aliphatic rings. The molecule has 0 spiro atoms. The molecule has 0 heterocycles. The molecule has 0 bridgehead atoms. The average molecular weight is 519 g/mol. The largest absolute Gasteiger partial charge is 0.497 e. The van der Waals surface area contributed by atoms with Crippen molar-refractivity contribution >= 4 is 33.2 Å². The van der Waals surface area contributed by atoms with Crippen molar-refractivity contribution in [3.8, 4) is 17.2 Å². The number of sulfonamides is 1. The molecule has 1 amide bonds. The summed E-state index contributed by atoms with van der Waals surface area (Å²) in [5.74, 6) is 1.21. The van der Waals surface area contributed by atoms with E-state index in [4.69, 9.17) is 25.8 Å². The normalized spacial score (nSPS) is 11.9. The molecule has 3 aromatic rings. The van der Waals surface area contributed by atoms with Gasteiger partial charge >= 0.3 is 0 Å². The highest BCUT2D eigenvalue weighted by Crippen LogP contribution is 2.29. The fourth-order valence-corrected chi connectivity index (χ4v) is 4.55. The number of benzene rings is 3. The van der Waals surface area contributed by atoms with Crippen molar-refractivity contribution in [3.05, 3.63) is 77.3 Å². The van der Waals surface area contributed by atoms with Crippen LogP contribution in [0.15, 0.2) is 71.6 Å². The first-order valence-electron chi connectivity index (χ1n) is 10.8. The SMILES string of the molecule is CCOc1ccc(NS(=O)(=O)c2ccc(OCC(=O)NC(C)c3ccc(OC)cc3)c(Cl)c2)cc1. The molecular formula is C25H27ClN2O6S. The van der Waals surface area contributed by atoms with E-state index in [1.54, 1.807) is 31.4 Å². The Balaban J connectivity index is 1.58. The van der Waals surface area contributed by atoms with E-state index in [1.165, 1.54) is 18.2 Å². The number of carbonyl (C=O) groups excluding carboxylic acids is 1. The van der Waals surface area contributed by atoms with Crippen molar-refractivity contribution in [2.75, 3.05) is 25.0 Å². The highest BCUT2D eigenvalue weighted by molar-refractivity contribution is 7.92. The third kappa shape index (κ3) is 7.27. The fraction of sp³-hybridized carbons (Fsp3) is 0.240. The van der Waals surface area contributed by atoms with Gasteiger partial charge in [0.15, 0.2) is 6.61 Å². The zero-order valence-corrected chi connectivity index (χ0v) is 21.2. The van der Waals surface area contributed by atoms with Crippen molar-refractivity contribution in [2.45, 2.75) is 24.8 Å². The van der Waals surface area contributed by atoms with Gasteiger partial charge in [0.25, 0.3) is 15.9 Å². The molecule has 3 aromatic carbocycles. The first kappa shape index (κ1) is 26.2. The fourth-order valence-electron chi connectivity index (χ4n) is 3.17. The molecule has 0 aliphatic carbocycles. The Bertz CT molecular complexity index is 1250. The second kappa shape index (κ2) is 11.8. The van der Waals surface area contributed by atoms with E-state index in [-0.39, 0.29) is 34.2 Å². The van der Waals surface area contributed by atoms with Crippen molar-refractivity contribution in [2.24, 2.45) is 0 Å². The van der Waals surface area contributed by atoms with E-state index in [0.29, 0.717) is 18.0 Å². The Morgan fingerprint density at radius 2 is 1.63 bits per heavy atom. The van der Waals surface area contributed by atoms with Crippen LogP contribution in [0.4, 0.5) is 5.69 Å². The number of halogens is 1. The zero-order valence-electron chi connectivity index (χ0n) is 19.6. The van der Waals surface area contributed by atoms with Crippen LogP contribution < -0.4 is 24.2 Å². The van der Waals surface area contributed by atoms with Crippen LogP contribution in [0.3, 0.4) is 0 Å². The lowest BCUT2D eigenvalue weighted by Crippen LogP contribution is -2.31. The Morgan fingerprint density at radius 1 is 0.971 bits per heavy atom. The minimum Gasteiger partial charge on any atom is -0.497 e. The highest BCUT2D eigenvalue weighted by Gasteiger charge is 2.17. The predicted molar refractivity (Wildman–Crippen MR) is 135 cm³/mol. The van der Waals surface area contributed by atoms with Gasteiger partial charge in [0.05, 0.1) is 29.7 Å². The number of carbonyl (C=O) groups is 1. The van der Waals surface area contributed by atoms with E-state index in [2.05, 4.69) is 10.0 Å². The number of ether oxygens (including phenoxy) is 3. The maximum atomic E-state index is 12.7. The lowest BCUT2D eigenvalue weighted by Gasteiger charge is -2.16. The molecule has 1 atom stereocenters. The molecule has 8 nitrogen and oxygen atoms in total. The molecule has 0 saturated carbocycles. The molecule has 35 heavy (non-hydrogen) atoms. The molecule has 10 heteroatoms. The monoisotopic (exact) mass is 518 g/mol. The third-order valence-corrected chi connectivity index (χ3v) is 6.66. The van der Waals surface area contributed by atoms with Crippen molar-refractivity contribution in [3.63, 3.8) is 0 Å². The lowest BCUT2D eigenvalue weighted by atomic mass is 10.1. The molecule has 0 radical (unpaired) electrons. The van der Waals surface area contributed by atoms with Crippen LogP contribution in [0.2, 0.25) is 5.02 Å². The van der Waals surface area contributed by atoms with Crippen molar-refractivity contribution < 1.29 is 27.4 Å². The standard InChI is InChI=1S/C25H27ClN2O6S/c1-4-33-21-11-7-19(8-12-21)28-35(30,31)22-13-14-24(23(26)15-22)34-16-25(29)27-17(2)18-5-9-20(32-3)10-6-18/h5-15,17,28H,4,16H2,1-3H3,(H,27,29). The molecule has 0 saturated heterocycles. The number of hydrogen-bond donors (Lipinski definition) is 2. The van der Waals surface area contributed by atoms with Crippen LogP contribution in [-0.2, 0) is 14.8 Å². The summed E-state index contributed by atoms with van der Waals surface area (Å²) in [6, 6.07) is 17.7. The summed E-state index contributed by atoms with van der Waals surface area (Å²) in [7, 11) is -2.29. The number of methoxy groups -OCH3 is 1. The van der Waals surface area contributed by atoms with Gasteiger partial charge < -0.3 is 19.5 Å². The summed E-state index contributed by atoms with van der Waals surface area (Å²) in [5.41, 5.74) is 1.29. The minimum absolute atomic E-state index is 0.0404. The average Bonchev–Trinajstić information content (AvgIpc) is 2.84. The van der Waals surface area contributed by atoms with Gasteiger partial charge in [-0.25, -0.2) is 8.42 Å². The number of nitrogens with one attached hydrogen (secondary N) is 2. The zero-order chi connectivity index (χ0) is 25.4. The van der Waals surface area contributed by atoms with Gasteiger partial charge in [0.2, 0.25) is 0 Å². The van der Waals surface area contributed by atoms with E-state index >= 15 is 0 Å². The Hall–Kier alpha value is -3.43. The van der Waals surface area contributed by atoms with Crippen LogP contribution in [-0.4, -0.2) is 34.6 Å². The van der Waals surface area contributed by atoms with E-state index < -0.39 is 10.0 Å². The van der Waals surface area contributed by atoms with E-state index in [9.17, 15) is 13.2 Å². The van der Waals surface area contributed by atoms with Gasteiger partial charge in [-0.3, -0.25) is 9.52 Å².